The Hall–Kier alpha value is -3.97. The summed E-state index contributed by atoms with van der Waals surface area (Å²) in [5.41, 5.74) is 0.0640. The first-order valence-electron chi connectivity index (χ1n) is 9.82. The third-order valence-corrected chi connectivity index (χ3v) is 6.44. The number of esters is 1. The lowest BCUT2D eigenvalue weighted by molar-refractivity contribution is -0.119. The largest absolute Gasteiger partial charge is 0.497 e. The van der Waals surface area contributed by atoms with Crippen molar-refractivity contribution in [2.75, 3.05) is 19.5 Å². The predicted molar refractivity (Wildman–Crippen MR) is 126 cm³/mol. The van der Waals surface area contributed by atoms with Gasteiger partial charge in [0.1, 0.15) is 17.5 Å². The van der Waals surface area contributed by atoms with Gasteiger partial charge in [-0.3, -0.25) is 4.79 Å². The van der Waals surface area contributed by atoms with Crippen LogP contribution in [0.2, 0.25) is 0 Å². The van der Waals surface area contributed by atoms with Crippen LogP contribution >= 0.6 is 22.7 Å². The fraction of sp³-hybridized carbons (Fsp3) is 0.190. The molecule has 4 rings (SSSR count). The van der Waals surface area contributed by atoms with Crippen LogP contribution in [-0.2, 0) is 16.0 Å². The number of aromatic nitrogens is 4. The van der Waals surface area contributed by atoms with E-state index in [-0.39, 0.29) is 22.9 Å². The quantitative estimate of drug-likeness (QED) is 0.312. The molecular weight excluding hydrogens is 482 g/mol. The zero-order valence-electron chi connectivity index (χ0n) is 18.0. The minimum absolute atomic E-state index is 0.0442. The Morgan fingerprint density at radius 1 is 1.24 bits per heavy atom. The molecule has 0 unspecified atom stereocenters. The van der Waals surface area contributed by atoms with Gasteiger partial charge in [-0.25, -0.2) is 24.1 Å². The van der Waals surface area contributed by atoms with Gasteiger partial charge in [0.2, 0.25) is 11.8 Å². The highest BCUT2D eigenvalue weighted by molar-refractivity contribution is 7.14. The molecule has 0 aliphatic rings. The summed E-state index contributed by atoms with van der Waals surface area (Å²) < 4.78 is 10.7. The highest BCUT2D eigenvalue weighted by Gasteiger charge is 2.29. The van der Waals surface area contributed by atoms with Gasteiger partial charge in [-0.15, -0.1) is 22.7 Å². The number of rotatable bonds is 8. The van der Waals surface area contributed by atoms with Crippen LogP contribution in [0.1, 0.15) is 21.5 Å². The number of hydrogen-bond donors (Lipinski definition) is 3. The molecule has 3 heterocycles. The Labute approximate surface area is 200 Å². The number of aromatic hydroxyl groups is 1. The molecule has 0 bridgehead atoms. The van der Waals surface area contributed by atoms with Crippen LogP contribution < -0.4 is 15.7 Å². The summed E-state index contributed by atoms with van der Waals surface area (Å²) in [4.78, 5) is 48.6. The highest BCUT2D eigenvalue weighted by Crippen LogP contribution is 2.31. The van der Waals surface area contributed by atoms with Crippen LogP contribution in [0.4, 0.5) is 5.13 Å². The number of methoxy groups -OCH3 is 2. The van der Waals surface area contributed by atoms with Crippen LogP contribution in [0.5, 0.6) is 11.6 Å². The minimum Gasteiger partial charge on any atom is -0.497 e. The number of benzene rings is 1. The maximum atomic E-state index is 13.2. The summed E-state index contributed by atoms with van der Waals surface area (Å²) in [6.07, 6.45) is 1.63. The summed E-state index contributed by atoms with van der Waals surface area (Å²) in [6.45, 7) is 0. The molecule has 176 valence electrons. The summed E-state index contributed by atoms with van der Waals surface area (Å²) in [5.74, 6) is -1.04. The third-order valence-electron chi connectivity index (χ3n) is 4.88. The van der Waals surface area contributed by atoms with Gasteiger partial charge in [-0.1, -0.05) is 0 Å². The molecule has 34 heavy (non-hydrogen) atoms. The van der Waals surface area contributed by atoms with E-state index >= 15 is 0 Å². The van der Waals surface area contributed by atoms with Gasteiger partial charge in [0.15, 0.2) is 10.8 Å². The molecule has 0 saturated heterocycles. The minimum atomic E-state index is -1.15. The molecule has 1 atom stereocenters. The van der Waals surface area contributed by atoms with E-state index in [2.05, 4.69) is 25.0 Å². The van der Waals surface area contributed by atoms with E-state index in [1.807, 2.05) is 0 Å². The van der Waals surface area contributed by atoms with Gasteiger partial charge < -0.3 is 24.9 Å². The van der Waals surface area contributed by atoms with Crippen molar-refractivity contribution in [2.24, 2.45) is 0 Å². The normalized spacial score (nSPS) is 11.7. The maximum absolute atomic E-state index is 13.2. The van der Waals surface area contributed by atoms with Gasteiger partial charge in [0.05, 0.1) is 19.2 Å². The van der Waals surface area contributed by atoms with Crippen LogP contribution in [0.25, 0.3) is 11.3 Å². The van der Waals surface area contributed by atoms with Crippen LogP contribution in [0.15, 0.2) is 46.0 Å². The number of nitrogens with one attached hydrogen (secondary N) is 2. The highest BCUT2D eigenvalue weighted by atomic mass is 32.1. The van der Waals surface area contributed by atoms with Crippen molar-refractivity contribution in [3.05, 3.63) is 62.4 Å². The lowest BCUT2D eigenvalue weighted by Gasteiger charge is -2.16. The average molecular weight is 502 g/mol. The Kier molecular flexibility index (Phi) is 6.75. The Morgan fingerprint density at radius 3 is 2.65 bits per heavy atom. The Morgan fingerprint density at radius 2 is 2.00 bits per heavy atom. The lowest BCUT2D eigenvalue weighted by Crippen LogP contribution is -2.33. The van der Waals surface area contributed by atoms with E-state index in [4.69, 9.17) is 4.74 Å². The molecule has 0 radical (unpaired) electrons. The molecule has 3 N–H and O–H groups in total. The fourth-order valence-electron chi connectivity index (χ4n) is 3.23. The molecule has 4 aromatic rings. The second kappa shape index (κ2) is 9.89. The zero-order valence-corrected chi connectivity index (χ0v) is 19.6. The molecule has 0 fully saturated rings. The molecule has 1 amide bonds. The topological polar surface area (TPSA) is 148 Å². The number of H-pyrrole nitrogens is 1. The number of carbonyl (C=O) groups excluding carboxylic acids is 2. The Balaban J connectivity index is 1.69. The van der Waals surface area contributed by atoms with Crippen molar-refractivity contribution in [2.45, 2.75) is 12.5 Å². The van der Waals surface area contributed by atoms with Crippen LogP contribution in [0, 0.1) is 0 Å². The number of aromatic amines is 1. The van der Waals surface area contributed by atoms with Crippen LogP contribution in [-0.4, -0.2) is 50.7 Å². The van der Waals surface area contributed by atoms with Crippen molar-refractivity contribution in [1.82, 2.24) is 19.5 Å². The lowest BCUT2D eigenvalue weighted by atomic mass is 10.1. The van der Waals surface area contributed by atoms with Gasteiger partial charge in [0, 0.05) is 28.9 Å². The SMILES string of the molecule is COC(=O)c1csc(NC(=O)[C@H](Cc2nccs2)n2c(O)c(-c3ccc(OC)cc3)[nH]c2=O)n1. The molecule has 1 aromatic carbocycles. The molecular formula is C21H19N5O6S2. The molecule has 0 aliphatic carbocycles. The van der Waals surface area contributed by atoms with Gasteiger partial charge in [0.25, 0.3) is 0 Å². The molecule has 0 aliphatic heterocycles. The van der Waals surface area contributed by atoms with Gasteiger partial charge in [-0.2, -0.15) is 0 Å². The second-order valence-corrected chi connectivity index (χ2v) is 8.73. The smallest absolute Gasteiger partial charge is 0.357 e. The first-order chi connectivity index (χ1) is 16.4. The molecule has 11 nitrogen and oxygen atoms in total. The first kappa shape index (κ1) is 23.2. The van der Waals surface area contributed by atoms with Crippen LogP contribution in [0.3, 0.4) is 0 Å². The summed E-state index contributed by atoms with van der Waals surface area (Å²) in [5, 5.41) is 17.5. The monoisotopic (exact) mass is 501 g/mol. The van der Waals surface area contributed by atoms with Gasteiger partial charge in [-0.05, 0) is 24.3 Å². The first-order valence-corrected chi connectivity index (χ1v) is 11.6. The number of amides is 1. The van der Waals surface area contributed by atoms with E-state index in [1.54, 1.807) is 35.8 Å². The van der Waals surface area contributed by atoms with E-state index in [1.165, 1.54) is 30.9 Å². The number of nitrogens with zero attached hydrogens (tertiary/aromatic N) is 3. The summed E-state index contributed by atoms with van der Waals surface area (Å²) in [6, 6.07) is 5.58. The second-order valence-electron chi connectivity index (χ2n) is 6.89. The maximum Gasteiger partial charge on any atom is 0.357 e. The zero-order chi connectivity index (χ0) is 24.2. The number of hydrogen-bond acceptors (Lipinski definition) is 10. The third kappa shape index (κ3) is 4.70. The van der Waals surface area contributed by atoms with Crippen molar-refractivity contribution in [3.8, 4) is 22.9 Å². The van der Waals surface area contributed by atoms with Crippen molar-refractivity contribution >= 4 is 39.7 Å². The van der Waals surface area contributed by atoms with E-state index < -0.39 is 29.5 Å². The number of carbonyl (C=O) groups is 2. The number of thiazole rings is 2. The number of imidazole rings is 1. The number of ether oxygens (including phenoxy) is 2. The fourth-order valence-corrected chi connectivity index (χ4v) is 4.56. The predicted octanol–water partition coefficient (Wildman–Crippen LogP) is 2.68. The van der Waals surface area contributed by atoms with E-state index in [0.29, 0.717) is 16.3 Å². The Bertz CT molecular complexity index is 1360. The standard InChI is InChI=1S/C21H19N5O6S2/c1-31-12-5-3-11(4-6-12)16-18(28)26(21(30)24-16)14(9-15-22-7-8-33-15)17(27)25-20-23-13(10-34-20)19(29)32-2/h3-8,10,14,28H,9H2,1-2H3,(H,24,30)(H,23,25,27)/t14-/m0/s1. The average Bonchev–Trinajstić information content (AvgIpc) is 3.59. The molecule has 3 aromatic heterocycles. The van der Waals surface area contributed by atoms with Crippen molar-refractivity contribution < 1.29 is 24.2 Å². The van der Waals surface area contributed by atoms with Crippen molar-refractivity contribution in [3.63, 3.8) is 0 Å². The summed E-state index contributed by atoms with van der Waals surface area (Å²) >= 11 is 2.34. The molecule has 0 saturated carbocycles. The van der Waals surface area contributed by atoms with Crippen molar-refractivity contribution in [1.29, 1.82) is 0 Å². The van der Waals surface area contributed by atoms with Gasteiger partial charge >= 0.3 is 11.7 Å². The molecule has 13 heteroatoms. The number of anilines is 1. The van der Waals surface area contributed by atoms with E-state index in [9.17, 15) is 19.5 Å². The molecule has 0 spiro atoms. The van der Waals surface area contributed by atoms with E-state index in [0.717, 1.165) is 15.9 Å². The summed E-state index contributed by atoms with van der Waals surface area (Å²) in [7, 11) is 2.76.